The zero-order chi connectivity index (χ0) is 15.3. The van der Waals surface area contributed by atoms with Gasteiger partial charge in [0.25, 0.3) is 0 Å². The Balaban J connectivity index is 1.67. The summed E-state index contributed by atoms with van der Waals surface area (Å²) in [6.07, 6.45) is 1.56. The summed E-state index contributed by atoms with van der Waals surface area (Å²) >= 11 is 1.60. The molecule has 1 atom stereocenters. The van der Waals surface area contributed by atoms with Gasteiger partial charge in [0.1, 0.15) is 12.5 Å². The van der Waals surface area contributed by atoms with Gasteiger partial charge in [-0.3, -0.25) is 4.79 Å². The summed E-state index contributed by atoms with van der Waals surface area (Å²) in [7, 11) is -3.90. The summed E-state index contributed by atoms with van der Waals surface area (Å²) in [4.78, 5) is 15.7. The minimum absolute atomic E-state index is 0.101. The second kappa shape index (κ2) is 4.99. The Morgan fingerprint density at radius 1 is 1.32 bits per heavy atom. The van der Waals surface area contributed by atoms with Crippen molar-refractivity contribution in [2.24, 2.45) is 4.40 Å². The van der Waals surface area contributed by atoms with Crippen molar-refractivity contribution in [2.75, 3.05) is 19.0 Å². The van der Waals surface area contributed by atoms with E-state index in [0.717, 1.165) is 27.7 Å². The molecule has 0 bridgehead atoms. The lowest BCUT2D eigenvalue weighted by Crippen LogP contribution is -2.50. The molecular formula is C14H15N3O3S2. The van der Waals surface area contributed by atoms with Gasteiger partial charge in [-0.15, -0.1) is 16.2 Å². The molecule has 1 saturated heterocycles. The zero-order valence-electron chi connectivity index (χ0n) is 11.8. The first kappa shape index (κ1) is 14.1. The molecule has 0 aromatic heterocycles. The summed E-state index contributed by atoms with van der Waals surface area (Å²) in [5.74, 6) is 0.397. The van der Waals surface area contributed by atoms with Crippen molar-refractivity contribution in [3.05, 3.63) is 29.8 Å². The molecular weight excluding hydrogens is 322 g/mol. The van der Waals surface area contributed by atoms with Gasteiger partial charge in [-0.05, 0) is 18.1 Å². The highest BCUT2D eigenvalue weighted by Gasteiger charge is 2.41. The number of rotatable bonds is 1. The molecule has 3 aliphatic heterocycles. The molecule has 3 aliphatic rings. The summed E-state index contributed by atoms with van der Waals surface area (Å²) in [5, 5.41) is 0. The topological polar surface area (TPSA) is 70.1 Å². The molecule has 6 nitrogen and oxygen atoms in total. The standard InChI is InChI=1S/C14H15N3O3S2/c18-14(11-8-21-12-5-2-1-4-10(11)12)17-9-16-7-3-6-13(16)15-22(17,19)20/h1-2,4-5,11H,3,6-9H2. The number of carbonyl (C=O) groups excluding carboxylic acids is 1. The second-order valence-corrected chi connectivity index (χ2v) is 8.16. The normalized spacial score (nSPS) is 25.6. The van der Waals surface area contributed by atoms with E-state index in [2.05, 4.69) is 4.40 Å². The third kappa shape index (κ3) is 2.13. The highest BCUT2D eigenvalue weighted by molar-refractivity contribution is 7.99. The summed E-state index contributed by atoms with van der Waals surface area (Å²) in [5.41, 5.74) is 0.920. The fourth-order valence-electron chi connectivity index (χ4n) is 3.11. The molecule has 0 saturated carbocycles. The van der Waals surface area contributed by atoms with Crippen LogP contribution in [0.3, 0.4) is 0 Å². The fraction of sp³-hybridized carbons (Fsp3) is 0.429. The number of hydrogen-bond acceptors (Lipinski definition) is 5. The van der Waals surface area contributed by atoms with Crippen LogP contribution in [0.4, 0.5) is 0 Å². The first-order valence-electron chi connectivity index (χ1n) is 7.18. The van der Waals surface area contributed by atoms with E-state index in [1.54, 1.807) is 11.8 Å². The largest absolute Gasteiger partial charge is 0.350 e. The molecule has 1 fully saturated rings. The monoisotopic (exact) mass is 337 g/mol. The highest BCUT2D eigenvalue weighted by Crippen LogP contribution is 2.41. The van der Waals surface area contributed by atoms with Crippen molar-refractivity contribution in [1.29, 1.82) is 0 Å². The number of fused-ring (bicyclic) bond motifs is 2. The van der Waals surface area contributed by atoms with E-state index in [9.17, 15) is 13.2 Å². The molecule has 1 amide bonds. The fourth-order valence-corrected chi connectivity index (χ4v) is 5.54. The van der Waals surface area contributed by atoms with Crippen molar-refractivity contribution in [1.82, 2.24) is 9.21 Å². The van der Waals surface area contributed by atoms with Gasteiger partial charge >= 0.3 is 10.2 Å². The van der Waals surface area contributed by atoms with Crippen molar-refractivity contribution in [3.63, 3.8) is 0 Å². The Morgan fingerprint density at radius 2 is 2.14 bits per heavy atom. The molecule has 1 unspecified atom stereocenters. The summed E-state index contributed by atoms with van der Waals surface area (Å²) in [6, 6.07) is 7.68. The maximum absolute atomic E-state index is 12.8. The van der Waals surface area contributed by atoms with Gasteiger partial charge in [-0.1, -0.05) is 18.2 Å². The van der Waals surface area contributed by atoms with E-state index in [4.69, 9.17) is 0 Å². The van der Waals surface area contributed by atoms with Crippen molar-refractivity contribution >= 4 is 33.7 Å². The lowest BCUT2D eigenvalue weighted by molar-refractivity contribution is -0.128. The van der Waals surface area contributed by atoms with Crippen LogP contribution in [0.1, 0.15) is 24.3 Å². The molecule has 4 rings (SSSR count). The van der Waals surface area contributed by atoms with Crippen LogP contribution in [-0.4, -0.2) is 48.3 Å². The van der Waals surface area contributed by atoms with E-state index < -0.39 is 16.1 Å². The Kier molecular flexibility index (Phi) is 3.19. The Hall–Kier alpha value is -1.54. The maximum atomic E-state index is 12.8. The molecule has 1 aromatic rings. The lowest BCUT2D eigenvalue weighted by Gasteiger charge is -2.32. The van der Waals surface area contributed by atoms with Gasteiger partial charge in [-0.2, -0.15) is 8.42 Å². The van der Waals surface area contributed by atoms with Gasteiger partial charge < -0.3 is 4.90 Å². The number of amides is 1. The Bertz CT molecular complexity index is 775. The SMILES string of the molecule is O=C(C1CSc2ccccc21)N1CN2CCCC2=NS1(=O)=O. The van der Waals surface area contributed by atoms with E-state index >= 15 is 0 Å². The summed E-state index contributed by atoms with van der Waals surface area (Å²) < 4.78 is 29.4. The predicted molar refractivity (Wildman–Crippen MR) is 83.9 cm³/mol. The second-order valence-electron chi connectivity index (χ2n) is 5.58. The van der Waals surface area contributed by atoms with Gasteiger partial charge in [0.15, 0.2) is 0 Å². The average molecular weight is 337 g/mol. The van der Waals surface area contributed by atoms with Gasteiger partial charge in [0, 0.05) is 23.6 Å². The first-order valence-corrected chi connectivity index (χ1v) is 9.56. The smallest absolute Gasteiger partial charge is 0.340 e. The van der Waals surface area contributed by atoms with Crippen LogP contribution in [0, 0.1) is 0 Å². The number of nitrogens with zero attached hydrogens (tertiary/aromatic N) is 3. The molecule has 0 aliphatic carbocycles. The van der Waals surface area contributed by atoms with E-state index in [1.165, 1.54) is 0 Å². The number of benzene rings is 1. The van der Waals surface area contributed by atoms with Crippen molar-refractivity contribution in [3.8, 4) is 0 Å². The zero-order valence-corrected chi connectivity index (χ0v) is 13.4. The molecule has 3 heterocycles. The number of thioether (sulfide) groups is 1. The predicted octanol–water partition coefficient (Wildman–Crippen LogP) is 1.41. The third-order valence-corrected chi connectivity index (χ3v) is 6.71. The van der Waals surface area contributed by atoms with Crippen LogP contribution in [0.5, 0.6) is 0 Å². The highest BCUT2D eigenvalue weighted by atomic mass is 32.2. The van der Waals surface area contributed by atoms with Crippen LogP contribution in [0.2, 0.25) is 0 Å². The minimum atomic E-state index is -3.90. The van der Waals surface area contributed by atoms with Crippen molar-refractivity contribution in [2.45, 2.75) is 23.7 Å². The molecule has 8 heteroatoms. The van der Waals surface area contributed by atoms with Crippen LogP contribution in [-0.2, 0) is 15.0 Å². The van der Waals surface area contributed by atoms with E-state index in [0.29, 0.717) is 18.0 Å². The van der Waals surface area contributed by atoms with Gasteiger partial charge in [0.05, 0.1) is 5.92 Å². The van der Waals surface area contributed by atoms with Crippen molar-refractivity contribution < 1.29 is 13.2 Å². The van der Waals surface area contributed by atoms with Crippen LogP contribution >= 0.6 is 11.8 Å². The van der Waals surface area contributed by atoms with E-state index in [1.807, 2.05) is 29.2 Å². The molecule has 0 spiro atoms. The molecule has 22 heavy (non-hydrogen) atoms. The third-order valence-electron chi connectivity index (χ3n) is 4.24. The van der Waals surface area contributed by atoms with Crippen LogP contribution in [0.25, 0.3) is 0 Å². The van der Waals surface area contributed by atoms with E-state index in [-0.39, 0.29) is 12.6 Å². The molecule has 1 aromatic carbocycles. The average Bonchev–Trinajstić information content (AvgIpc) is 3.10. The van der Waals surface area contributed by atoms with Crippen LogP contribution < -0.4 is 0 Å². The minimum Gasteiger partial charge on any atom is -0.340 e. The molecule has 116 valence electrons. The number of amidine groups is 1. The first-order chi connectivity index (χ1) is 10.6. The maximum Gasteiger partial charge on any atom is 0.350 e. The molecule has 0 N–H and O–H groups in total. The Morgan fingerprint density at radius 3 is 3.00 bits per heavy atom. The van der Waals surface area contributed by atoms with Gasteiger partial charge in [0.2, 0.25) is 5.91 Å². The quantitative estimate of drug-likeness (QED) is 0.775. The lowest BCUT2D eigenvalue weighted by atomic mass is 10.0. The van der Waals surface area contributed by atoms with Gasteiger partial charge in [-0.25, -0.2) is 4.31 Å². The van der Waals surface area contributed by atoms with Crippen LogP contribution in [0.15, 0.2) is 33.6 Å². The Labute approximate surface area is 133 Å². The summed E-state index contributed by atoms with van der Waals surface area (Å²) in [6.45, 7) is 0.859. The number of hydrogen-bond donors (Lipinski definition) is 0. The molecule has 0 radical (unpaired) electrons. The number of carbonyl (C=O) groups is 1.